The van der Waals surface area contributed by atoms with E-state index in [2.05, 4.69) is 5.32 Å². The number of aryl methyl sites for hydroxylation is 1. The van der Waals surface area contributed by atoms with Gasteiger partial charge in [0, 0.05) is 12.3 Å². The zero-order chi connectivity index (χ0) is 15.9. The van der Waals surface area contributed by atoms with Gasteiger partial charge in [0.25, 0.3) is 0 Å². The standard InChI is InChI=1S/C16H22N2O4/c1-11-5-2-3-7-13(11)18-15(19)9-14(16(20)21)17-10-12-6-4-8-22-12/h2-3,5,7,12,14,17H,4,6,8-10H2,1H3,(H,18,19)(H,20,21)/t12-,14+/m1/s1. The van der Waals surface area contributed by atoms with Crippen molar-refractivity contribution in [2.24, 2.45) is 0 Å². The molecule has 0 bridgehead atoms. The topological polar surface area (TPSA) is 95.1 Å². The number of carboxylic acids is 1. The van der Waals surface area contributed by atoms with Crippen molar-refractivity contribution in [1.82, 2.24) is 0 Å². The lowest BCUT2D eigenvalue weighted by atomic mass is 10.1. The molecule has 3 N–H and O–H groups in total. The number of hydrogen-bond acceptors (Lipinski definition) is 4. The lowest BCUT2D eigenvalue weighted by molar-refractivity contribution is -0.687. The molecule has 1 amide bonds. The summed E-state index contributed by atoms with van der Waals surface area (Å²) in [6, 6.07) is 6.48. The Labute approximate surface area is 129 Å². The molecule has 0 aromatic heterocycles. The van der Waals surface area contributed by atoms with E-state index in [-0.39, 0.29) is 18.4 Å². The van der Waals surface area contributed by atoms with Crippen molar-refractivity contribution >= 4 is 17.6 Å². The molecule has 1 aliphatic rings. The molecule has 6 heteroatoms. The van der Waals surface area contributed by atoms with Crippen LogP contribution in [0.2, 0.25) is 0 Å². The maximum absolute atomic E-state index is 12.0. The zero-order valence-corrected chi connectivity index (χ0v) is 12.7. The maximum Gasteiger partial charge on any atom is 0.230 e. The first kappa shape index (κ1) is 16.5. The van der Waals surface area contributed by atoms with Gasteiger partial charge in [-0.05, 0) is 31.4 Å². The average Bonchev–Trinajstić information content (AvgIpc) is 2.99. The van der Waals surface area contributed by atoms with Gasteiger partial charge < -0.3 is 25.3 Å². The molecule has 0 aliphatic carbocycles. The van der Waals surface area contributed by atoms with Crippen LogP contribution in [0.4, 0.5) is 5.69 Å². The Morgan fingerprint density at radius 3 is 2.86 bits per heavy atom. The molecular formula is C16H22N2O4. The van der Waals surface area contributed by atoms with Crippen LogP contribution in [0.1, 0.15) is 24.8 Å². The van der Waals surface area contributed by atoms with Gasteiger partial charge in [-0.15, -0.1) is 0 Å². The van der Waals surface area contributed by atoms with E-state index < -0.39 is 12.0 Å². The van der Waals surface area contributed by atoms with Gasteiger partial charge in [-0.1, -0.05) is 18.2 Å². The molecular weight excluding hydrogens is 284 g/mol. The van der Waals surface area contributed by atoms with Crippen LogP contribution in [0.25, 0.3) is 0 Å². The van der Waals surface area contributed by atoms with Crippen molar-refractivity contribution in [1.29, 1.82) is 0 Å². The summed E-state index contributed by atoms with van der Waals surface area (Å²) in [6.07, 6.45) is 1.89. The summed E-state index contributed by atoms with van der Waals surface area (Å²) in [4.78, 5) is 23.2. The molecule has 1 aromatic rings. The Balaban J connectivity index is 1.85. The molecule has 1 heterocycles. The highest BCUT2D eigenvalue weighted by Gasteiger charge is 2.23. The van der Waals surface area contributed by atoms with E-state index in [0.717, 1.165) is 25.0 Å². The molecule has 1 saturated heterocycles. The molecule has 0 unspecified atom stereocenters. The maximum atomic E-state index is 12.0. The first-order valence-electron chi connectivity index (χ1n) is 7.57. The van der Waals surface area contributed by atoms with Crippen molar-refractivity contribution in [3.05, 3.63) is 29.8 Å². The quantitative estimate of drug-likeness (QED) is 0.688. The molecule has 2 rings (SSSR count). The monoisotopic (exact) mass is 306 g/mol. The number of hydrogen-bond donors (Lipinski definition) is 2. The lowest BCUT2D eigenvalue weighted by Crippen LogP contribution is -2.94. The summed E-state index contributed by atoms with van der Waals surface area (Å²) in [5, 5.41) is 15.6. The SMILES string of the molecule is Cc1ccccc1NC(=O)C[C@H]([NH2+]C[C@H]1CCCO1)C(=O)[O-]. The number of quaternary nitrogens is 1. The molecule has 0 saturated carbocycles. The van der Waals surface area contributed by atoms with E-state index in [4.69, 9.17) is 4.74 Å². The number of amides is 1. The van der Waals surface area contributed by atoms with Crippen LogP contribution < -0.4 is 15.7 Å². The van der Waals surface area contributed by atoms with Crippen LogP contribution in [0.5, 0.6) is 0 Å². The van der Waals surface area contributed by atoms with Gasteiger partial charge in [-0.25, -0.2) is 0 Å². The number of ether oxygens (including phenoxy) is 1. The number of para-hydroxylation sites is 1. The fourth-order valence-corrected chi connectivity index (χ4v) is 2.52. The number of anilines is 1. The van der Waals surface area contributed by atoms with E-state index in [9.17, 15) is 14.7 Å². The van der Waals surface area contributed by atoms with E-state index >= 15 is 0 Å². The first-order chi connectivity index (χ1) is 10.6. The molecule has 0 radical (unpaired) electrons. The minimum absolute atomic E-state index is 0.0706. The van der Waals surface area contributed by atoms with E-state index in [1.165, 1.54) is 0 Å². The molecule has 1 fully saturated rings. The Morgan fingerprint density at radius 2 is 2.23 bits per heavy atom. The minimum Gasteiger partial charge on any atom is -0.544 e. The third-order valence-electron chi connectivity index (χ3n) is 3.83. The fourth-order valence-electron chi connectivity index (χ4n) is 2.52. The van der Waals surface area contributed by atoms with Gasteiger partial charge in [0.15, 0.2) is 0 Å². The molecule has 0 spiro atoms. The highest BCUT2D eigenvalue weighted by atomic mass is 16.5. The number of rotatable bonds is 7. The summed E-state index contributed by atoms with van der Waals surface area (Å²) >= 11 is 0. The van der Waals surface area contributed by atoms with Crippen LogP contribution in [-0.4, -0.2) is 37.2 Å². The number of carbonyl (C=O) groups is 2. The zero-order valence-electron chi connectivity index (χ0n) is 12.7. The van der Waals surface area contributed by atoms with E-state index in [1.807, 2.05) is 25.1 Å². The van der Waals surface area contributed by atoms with E-state index in [1.54, 1.807) is 11.4 Å². The normalized spacial score (nSPS) is 18.9. The second kappa shape index (κ2) is 7.91. The summed E-state index contributed by atoms with van der Waals surface area (Å²) < 4.78 is 5.45. The van der Waals surface area contributed by atoms with Crippen molar-refractivity contribution in [3.8, 4) is 0 Å². The number of aliphatic carboxylic acids is 1. The van der Waals surface area contributed by atoms with Crippen LogP contribution >= 0.6 is 0 Å². The lowest BCUT2D eigenvalue weighted by Gasteiger charge is -2.18. The Kier molecular flexibility index (Phi) is 5.91. The number of nitrogens with one attached hydrogen (secondary N) is 1. The smallest absolute Gasteiger partial charge is 0.230 e. The van der Waals surface area contributed by atoms with Crippen LogP contribution in [0.15, 0.2) is 24.3 Å². The molecule has 2 atom stereocenters. The molecule has 1 aliphatic heterocycles. The summed E-state index contributed by atoms with van der Waals surface area (Å²) in [5.74, 6) is -1.55. The van der Waals surface area contributed by atoms with Gasteiger partial charge in [-0.2, -0.15) is 0 Å². The fraction of sp³-hybridized carbons (Fsp3) is 0.500. The Hall–Kier alpha value is -1.92. The van der Waals surface area contributed by atoms with Gasteiger partial charge in [-0.3, -0.25) is 4.79 Å². The molecule has 120 valence electrons. The van der Waals surface area contributed by atoms with Crippen molar-refractivity contribution < 1.29 is 24.7 Å². The predicted molar refractivity (Wildman–Crippen MR) is 79.0 cm³/mol. The third-order valence-corrected chi connectivity index (χ3v) is 3.83. The number of benzene rings is 1. The molecule has 22 heavy (non-hydrogen) atoms. The van der Waals surface area contributed by atoms with Crippen molar-refractivity contribution in [3.63, 3.8) is 0 Å². The average molecular weight is 306 g/mol. The summed E-state index contributed by atoms with van der Waals surface area (Å²) in [7, 11) is 0. The first-order valence-corrected chi connectivity index (χ1v) is 7.57. The Morgan fingerprint density at radius 1 is 1.45 bits per heavy atom. The summed E-state index contributed by atoms with van der Waals surface area (Å²) in [6.45, 7) is 3.15. The predicted octanol–water partition coefficient (Wildman–Crippen LogP) is -0.815. The highest BCUT2D eigenvalue weighted by molar-refractivity contribution is 5.93. The second-order valence-corrected chi connectivity index (χ2v) is 5.60. The van der Waals surface area contributed by atoms with Gasteiger partial charge in [0.1, 0.15) is 18.7 Å². The van der Waals surface area contributed by atoms with E-state index in [0.29, 0.717) is 12.2 Å². The number of nitrogens with two attached hydrogens (primary N) is 1. The third kappa shape index (κ3) is 4.82. The Bertz CT molecular complexity index is 527. The van der Waals surface area contributed by atoms with Gasteiger partial charge >= 0.3 is 0 Å². The molecule has 6 nitrogen and oxygen atoms in total. The number of carbonyl (C=O) groups excluding carboxylic acids is 2. The van der Waals surface area contributed by atoms with Crippen molar-refractivity contribution in [2.45, 2.75) is 38.3 Å². The van der Waals surface area contributed by atoms with Crippen LogP contribution in [-0.2, 0) is 14.3 Å². The second-order valence-electron chi connectivity index (χ2n) is 5.60. The van der Waals surface area contributed by atoms with Gasteiger partial charge in [0.2, 0.25) is 5.91 Å². The van der Waals surface area contributed by atoms with Crippen molar-refractivity contribution in [2.75, 3.05) is 18.5 Å². The molecule has 1 aromatic carbocycles. The van der Waals surface area contributed by atoms with Crippen LogP contribution in [0.3, 0.4) is 0 Å². The largest absolute Gasteiger partial charge is 0.544 e. The number of carboxylic acid groups (broad SMARTS) is 1. The highest BCUT2D eigenvalue weighted by Crippen LogP contribution is 2.13. The summed E-state index contributed by atoms with van der Waals surface area (Å²) in [5.41, 5.74) is 1.63. The minimum atomic E-state index is -1.22. The van der Waals surface area contributed by atoms with Gasteiger partial charge in [0.05, 0.1) is 12.4 Å². The van der Waals surface area contributed by atoms with Crippen LogP contribution in [0, 0.1) is 6.92 Å².